The minimum atomic E-state index is -0.133. The summed E-state index contributed by atoms with van der Waals surface area (Å²) < 4.78 is 15.9. The van der Waals surface area contributed by atoms with Gasteiger partial charge in [-0.3, -0.25) is 4.79 Å². The molecule has 1 aliphatic rings. The summed E-state index contributed by atoms with van der Waals surface area (Å²) >= 11 is 0. The molecule has 1 aromatic carbocycles. The predicted molar refractivity (Wildman–Crippen MR) is 71.0 cm³/mol. The van der Waals surface area contributed by atoms with E-state index in [4.69, 9.17) is 14.2 Å². The van der Waals surface area contributed by atoms with E-state index < -0.39 is 0 Å². The van der Waals surface area contributed by atoms with E-state index in [-0.39, 0.29) is 18.0 Å². The third-order valence-corrected chi connectivity index (χ3v) is 3.33. The molecule has 0 radical (unpaired) electrons. The Labute approximate surface area is 113 Å². The molecule has 0 aromatic heterocycles. The topological polar surface area (TPSA) is 44.8 Å². The molecule has 19 heavy (non-hydrogen) atoms. The van der Waals surface area contributed by atoms with Crippen LogP contribution in [-0.2, 0) is 14.3 Å². The maximum atomic E-state index is 11.4. The van der Waals surface area contributed by atoms with Crippen molar-refractivity contribution in [1.29, 1.82) is 0 Å². The van der Waals surface area contributed by atoms with Gasteiger partial charge in [0.2, 0.25) is 0 Å². The number of hydrogen-bond acceptors (Lipinski definition) is 4. The monoisotopic (exact) mass is 264 g/mol. The van der Waals surface area contributed by atoms with Gasteiger partial charge < -0.3 is 14.2 Å². The summed E-state index contributed by atoms with van der Waals surface area (Å²) in [6, 6.07) is 7.88. The number of benzene rings is 1. The Bertz CT molecular complexity index is 413. The number of carbonyl (C=O) groups excluding carboxylic acids is 1. The van der Waals surface area contributed by atoms with Gasteiger partial charge in [-0.1, -0.05) is 12.1 Å². The lowest BCUT2D eigenvalue weighted by atomic mass is 9.98. The van der Waals surface area contributed by atoms with Crippen molar-refractivity contribution in [2.24, 2.45) is 5.92 Å². The maximum absolute atomic E-state index is 11.4. The highest BCUT2D eigenvalue weighted by Crippen LogP contribution is 2.34. The third-order valence-electron chi connectivity index (χ3n) is 3.33. The van der Waals surface area contributed by atoms with E-state index >= 15 is 0 Å². The van der Waals surface area contributed by atoms with Gasteiger partial charge in [-0.25, -0.2) is 0 Å². The molecule has 1 heterocycles. The molecule has 0 aliphatic carbocycles. The van der Waals surface area contributed by atoms with Crippen LogP contribution in [0.25, 0.3) is 0 Å². The van der Waals surface area contributed by atoms with E-state index in [9.17, 15) is 4.79 Å². The molecule has 1 aliphatic heterocycles. The van der Waals surface area contributed by atoms with E-state index in [1.165, 1.54) is 0 Å². The zero-order valence-corrected chi connectivity index (χ0v) is 11.4. The SMILES string of the molecule is CCOC(=O)C[C@H]1CO[C@H](c2ccc(OC)cc2)C1. The highest BCUT2D eigenvalue weighted by molar-refractivity contribution is 5.69. The molecule has 2 rings (SSSR count). The lowest BCUT2D eigenvalue weighted by Gasteiger charge is -2.10. The average molecular weight is 264 g/mol. The van der Waals surface area contributed by atoms with Crippen LogP contribution < -0.4 is 4.74 Å². The number of hydrogen-bond donors (Lipinski definition) is 0. The minimum absolute atomic E-state index is 0.0744. The van der Waals surface area contributed by atoms with Gasteiger partial charge in [-0.15, -0.1) is 0 Å². The van der Waals surface area contributed by atoms with Crippen LogP contribution in [0.4, 0.5) is 0 Å². The molecule has 2 atom stereocenters. The smallest absolute Gasteiger partial charge is 0.306 e. The Morgan fingerprint density at radius 1 is 1.37 bits per heavy atom. The van der Waals surface area contributed by atoms with Gasteiger partial charge in [-0.05, 0) is 37.0 Å². The average Bonchev–Trinajstić information content (AvgIpc) is 2.87. The molecule has 104 valence electrons. The fourth-order valence-electron chi connectivity index (χ4n) is 2.34. The van der Waals surface area contributed by atoms with Gasteiger partial charge in [0, 0.05) is 0 Å². The fourth-order valence-corrected chi connectivity index (χ4v) is 2.34. The molecule has 0 amide bonds. The second-order valence-electron chi connectivity index (χ2n) is 4.71. The third kappa shape index (κ3) is 3.70. The van der Waals surface area contributed by atoms with E-state index in [0.717, 1.165) is 17.7 Å². The summed E-state index contributed by atoms with van der Waals surface area (Å²) in [5, 5.41) is 0. The molecular formula is C15H20O4. The second-order valence-corrected chi connectivity index (χ2v) is 4.71. The zero-order valence-electron chi connectivity index (χ0n) is 11.4. The molecule has 0 bridgehead atoms. The van der Waals surface area contributed by atoms with Gasteiger partial charge in [-0.2, -0.15) is 0 Å². The number of esters is 1. The highest BCUT2D eigenvalue weighted by atomic mass is 16.5. The Kier molecular flexibility index (Phi) is 4.80. The summed E-state index contributed by atoms with van der Waals surface area (Å²) in [5.74, 6) is 0.961. The lowest BCUT2D eigenvalue weighted by Crippen LogP contribution is -2.11. The Hall–Kier alpha value is -1.55. The van der Waals surface area contributed by atoms with Crippen molar-refractivity contribution in [3.63, 3.8) is 0 Å². The van der Waals surface area contributed by atoms with Gasteiger partial charge in [0.1, 0.15) is 5.75 Å². The van der Waals surface area contributed by atoms with Crippen LogP contribution in [0.3, 0.4) is 0 Å². The Balaban J connectivity index is 1.88. The number of rotatable bonds is 5. The Morgan fingerprint density at radius 3 is 2.74 bits per heavy atom. The zero-order chi connectivity index (χ0) is 13.7. The molecule has 1 fully saturated rings. The first-order valence-corrected chi connectivity index (χ1v) is 6.64. The summed E-state index contributed by atoms with van der Waals surface area (Å²) in [7, 11) is 1.65. The maximum Gasteiger partial charge on any atom is 0.306 e. The normalized spacial score (nSPS) is 22.2. The van der Waals surface area contributed by atoms with Gasteiger partial charge in [0.25, 0.3) is 0 Å². The summed E-state index contributed by atoms with van der Waals surface area (Å²) in [6.07, 6.45) is 1.39. The molecule has 1 saturated heterocycles. The van der Waals surface area contributed by atoms with Crippen molar-refractivity contribution in [2.45, 2.75) is 25.9 Å². The van der Waals surface area contributed by atoms with Crippen LogP contribution in [0.1, 0.15) is 31.4 Å². The van der Waals surface area contributed by atoms with Crippen molar-refractivity contribution in [2.75, 3.05) is 20.3 Å². The molecular weight excluding hydrogens is 244 g/mol. The highest BCUT2D eigenvalue weighted by Gasteiger charge is 2.28. The first kappa shape index (κ1) is 13.9. The molecule has 1 aromatic rings. The van der Waals surface area contributed by atoms with Crippen LogP contribution in [0.2, 0.25) is 0 Å². The standard InChI is InChI=1S/C15H20O4/c1-3-18-15(16)9-11-8-14(19-10-11)12-4-6-13(17-2)7-5-12/h4-7,11,14H,3,8-10H2,1-2H3/t11-,14-/m0/s1. The second kappa shape index (κ2) is 6.57. The number of ether oxygens (including phenoxy) is 3. The van der Waals surface area contributed by atoms with Crippen molar-refractivity contribution < 1.29 is 19.0 Å². The van der Waals surface area contributed by atoms with Crippen molar-refractivity contribution in [3.8, 4) is 5.75 Å². The van der Waals surface area contributed by atoms with Crippen LogP contribution >= 0.6 is 0 Å². The summed E-state index contributed by atoms with van der Waals surface area (Å²) in [4.78, 5) is 11.4. The summed E-state index contributed by atoms with van der Waals surface area (Å²) in [6.45, 7) is 2.88. The van der Waals surface area contributed by atoms with Crippen LogP contribution in [-0.4, -0.2) is 26.3 Å². The van der Waals surface area contributed by atoms with Crippen LogP contribution in [0.5, 0.6) is 5.75 Å². The van der Waals surface area contributed by atoms with Crippen molar-refractivity contribution >= 4 is 5.97 Å². The first-order chi connectivity index (χ1) is 9.22. The molecule has 4 heteroatoms. The van der Waals surface area contributed by atoms with E-state index in [1.54, 1.807) is 7.11 Å². The predicted octanol–water partition coefficient (Wildman–Crippen LogP) is 2.73. The molecule has 0 spiro atoms. The summed E-state index contributed by atoms with van der Waals surface area (Å²) in [5.41, 5.74) is 1.13. The minimum Gasteiger partial charge on any atom is -0.497 e. The van der Waals surface area contributed by atoms with Gasteiger partial charge >= 0.3 is 5.97 Å². The van der Waals surface area contributed by atoms with E-state index in [1.807, 2.05) is 31.2 Å². The van der Waals surface area contributed by atoms with E-state index in [0.29, 0.717) is 19.6 Å². The molecule has 0 N–H and O–H groups in total. The largest absolute Gasteiger partial charge is 0.497 e. The quantitative estimate of drug-likeness (QED) is 0.767. The van der Waals surface area contributed by atoms with Crippen LogP contribution in [0.15, 0.2) is 24.3 Å². The Morgan fingerprint density at radius 2 is 2.11 bits per heavy atom. The van der Waals surface area contributed by atoms with E-state index in [2.05, 4.69) is 0 Å². The molecule has 4 nitrogen and oxygen atoms in total. The molecule has 0 saturated carbocycles. The molecule has 0 unspecified atom stereocenters. The first-order valence-electron chi connectivity index (χ1n) is 6.64. The fraction of sp³-hybridized carbons (Fsp3) is 0.533. The van der Waals surface area contributed by atoms with Gasteiger partial charge in [0.05, 0.1) is 32.8 Å². The van der Waals surface area contributed by atoms with Crippen LogP contribution in [0, 0.1) is 5.92 Å². The van der Waals surface area contributed by atoms with Crippen molar-refractivity contribution in [3.05, 3.63) is 29.8 Å². The number of methoxy groups -OCH3 is 1. The number of carbonyl (C=O) groups is 1. The van der Waals surface area contributed by atoms with Crippen molar-refractivity contribution in [1.82, 2.24) is 0 Å². The lowest BCUT2D eigenvalue weighted by molar-refractivity contribution is -0.144. The van der Waals surface area contributed by atoms with Gasteiger partial charge in [0.15, 0.2) is 0 Å².